The third kappa shape index (κ3) is 3.59. The lowest BCUT2D eigenvalue weighted by Gasteiger charge is -2.18. The number of nitrogens with one attached hydrogen (secondary N) is 1. The van der Waals surface area contributed by atoms with Crippen LogP contribution in [0.1, 0.15) is 37.7 Å². The molecule has 2 N–H and O–H groups in total. The Morgan fingerprint density at radius 2 is 2.00 bits per heavy atom. The van der Waals surface area contributed by atoms with Crippen molar-refractivity contribution in [2.24, 2.45) is 11.3 Å². The van der Waals surface area contributed by atoms with Gasteiger partial charge >= 0.3 is 0 Å². The highest BCUT2D eigenvalue weighted by atomic mass is 32.2. The molecule has 0 aliphatic heterocycles. The normalized spacial score (nSPS) is 21.6. The first-order valence-corrected chi connectivity index (χ1v) is 10.3. The summed E-state index contributed by atoms with van der Waals surface area (Å²) in [5, 5.41) is 11.9. The molecule has 1 atom stereocenters. The Morgan fingerprint density at radius 3 is 2.68 bits per heavy atom. The van der Waals surface area contributed by atoms with E-state index in [-0.39, 0.29) is 41.8 Å². The summed E-state index contributed by atoms with van der Waals surface area (Å²) < 4.78 is 26.4. The van der Waals surface area contributed by atoms with Crippen LogP contribution in [-0.4, -0.2) is 43.9 Å². The number of likely N-dealkylation sites (N-methyl/N-ethyl adjacent to an activating group) is 1. The van der Waals surface area contributed by atoms with Crippen molar-refractivity contribution < 1.29 is 18.3 Å². The molecule has 1 aromatic carbocycles. The summed E-state index contributed by atoms with van der Waals surface area (Å²) in [6, 6.07) is 6.69. The molecular weight excluding hydrogens is 340 g/mol. The number of nitrogens with zero attached hydrogens (tertiary/aromatic N) is 1. The third-order valence-corrected chi connectivity index (χ3v) is 7.59. The fourth-order valence-electron chi connectivity index (χ4n) is 3.99. The van der Waals surface area contributed by atoms with Crippen LogP contribution in [0.3, 0.4) is 0 Å². The SMILES string of the molecule is CN(CCO)S(=O)(=O)c1ccccc1CNC(=O)C1CC12CCCC2. The number of aliphatic hydroxyl groups excluding tert-OH is 1. The second kappa shape index (κ2) is 7.05. The number of sulfonamides is 1. The van der Waals surface area contributed by atoms with Gasteiger partial charge in [-0.2, -0.15) is 4.31 Å². The van der Waals surface area contributed by atoms with Gasteiger partial charge < -0.3 is 10.4 Å². The van der Waals surface area contributed by atoms with E-state index in [1.165, 1.54) is 19.9 Å². The average molecular weight is 366 g/mol. The van der Waals surface area contributed by atoms with Gasteiger partial charge in [0.25, 0.3) is 0 Å². The maximum absolute atomic E-state index is 12.6. The second-order valence-corrected chi connectivity index (χ2v) is 9.22. The molecule has 0 bridgehead atoms. The fourth-order valence-corrected chi connectivity index (χ4v) is 5.37. The van der Waals surface area contributed by atoms with Gasteiger partial charge in [-0.05, 0) is 36.3 Å². The number of carbonyl (C=O) groups excluding carboxylic acids is 1. The molecule has 1 aromatic rings. The Hall–Kier alpha value is -1.44. The Balaban J connectivity index is 1.68. The smallest absolute Gasteiger partial charge is 0.243 e. The van der Waals surface area contributed by atoms with Gasteiger partial charge in [-0.1, -0.05) is 31.0 Å². The Kier molecular flexibility index (Phi) is 5.18. The molecule has 3 rings (SSSR count). The predicted octanol–water partition coefficient (Wildman–Crippen LogP) is 1.50. The van der Waals surface area contributed by atoms with Crippen LogP contribution in [0.4, 0.5) is 0 Å². The molecule has 6 nitrogen and oxygen atoms in total. The molecule has 1 amide bonds. The van der Waals surface area contributed by atoms with Crippen LogP contribution in [0.2, 0.25) is 0 Å². The maximum atomic E-state index is 12.6. The first-order chi connectivity index (χ1) is 11.9. The largest absolute Gasteiger partial charge is 0.395 e. The molecule has 2 saturated carbocycles. The second-order valence-electron chi connectivity index (χ2n) is 7.20. The van der Waals surface area contributed by atoms with E-state index in [0.29, 0.717) is 5.56 Å². The van der Waals surface area contributed by atoms with Gasteiger partial charge in [-0.25, -0.2) is 8.42 Å². The highest BCUT2D eigenvalue weighted by Gasteiger charge is 2.58. The molecule has 7 heteroatoms. The summed E-state index contributed by atoms with van der Waals surface area (Å²) >= 11 is 0. The minimum Gasteiger partial charge on any atom is -0.395 e. The topological polar surface area (TPSA) is 86.7 Å². The van der Waals surface area contributed by atoms with Crippen molar-refractivity contribution in [1.29, 1.82) is 0 Å². The van der Waals surface area contributed by atoms with Crippen LogP contribution >= 0.6 is 0 Å². The van der Waals surface area contributed by atoms with Crippen molar-refractivity contribution >= 4 is 15.9 Å². The van der Waals surface area contributed by atoms with Crippen molar-refractivity contribution in [2.45, 2.75) is 43.5 Å². The van der Waals surface area contributed by atoms with Crippen LogP contribution in [0, 0.1) is 11.3 Å². The summed E-state index contributed by atoms with van der Waals surface area (Å²) in [5.41, 5.74) is 0.804. The van der Waals surface area contributed by atoms with Crippen molar-refractivity contribution in [3.63, 3.8) is 0 Å². The van der Waals surface area contributed by atoms with E-state index in [4.69, 9.17) is 5.11 Å². The number of aliphatic hydroxyl groups is 1. The van der Waals surface area contributed by atoms with E-state index in [1.54, 1.807) is 24.3 Å². The molecule has 2 aliphatic rings. The lowest BCUT2D eigenvalue weighted by atomic mass is 10.0. The standard InChI is InChI=1S/C18H26N2O4S/c1-20(10-11-21)25(23,24)16-7-3-2-6-14(16)13-19-17(22)15-12-18(15)8-4-5-9-18/h2-3,6-7,15,21H,4-5,8-13H2,1H3,(H,19,22). The number of hydrogen-bond acceptors (Lipinski definition) is 4. The van der Waals surface area contributed by atoms with Crippen molar-refractivity contribution in [1.82, 2.24) is 9.62 Å². The Labute approximate surface area is 149 Å². The number of hydrogen-bond donors (Lipinski definition) is 2. The van der Waals surface area contributed by atoms with Gasteiger partial charge in [-0.15, -0.1) is 0 Å². The highest BCUT2D eigenvalue weighted by Crippen LogP contribution is 2.62. The number of amides is 1. The Morgan fingerprint density at radius 1 is 1.32 bits per heavy atom. The zero-order valence-corrected chi connectivity index (χ0v) is 15.4. The lowest BCUT2D eigenvalue weighted by molar-refractivity contribution is -0.123. The number of carbonyl (C=O) groups is 1. The maximum Gasteiger partial charge on any atom is 0.243 e. The van der Waals surface area contributed by atoms with Crippen LogP contribution in [0.5, 0.6) is 0 Å². The monoisotopic (exact) mass is 366 g/mol. The summed E-state index contributed by atoms with van der Waals surface area (Å²) in [5.74, 6) is 0.133. The summed E-state index contributed by atoms with van der Waals surface area (Å²) in [6.45, 7) is -0.000200. The summed E-state index contributed by atoms with van der Waals surface area (Å²) in [6.07, 6.45) is 5.67. The van der Waals surface area contributed by atoms with Crippen LogP contribution in [-0.2, 0) is 21.4 Å². The fraction of sp³-hybridized carbons (Fsp3) is 0.611. The average Bonchev–Trinajstić information content (AvgIpc) is 3.10. The van der Waals surface area contributed by atoms with Crippen LogP contribution < -0.4 is 5.32 Å². The van der Waals surface area contributed by atoms with Gasteiger partial charge in [0.15, 0.2) is 0 Å². The number of benzene rings is 1. The van der Waals surface area contributed by atoms with E-state index in [2.05, 4.69) is 5.32 Å². The molecule has 2 aliphatic carbocycles. The van der Waals surface area contributed by atoms with Crippen molar-refractivity contribution in [3.8, 4) is 0 Å². The molecular formula is C18H26N2O4S. The van der Waals surface area contributed by atoms with E-state index >= 15 is 0 Å². The molecule has 0 saturated heterocycles. The van der Waals surface area contributed by atoms with E-state index in [1.807, 2.05) is 0 Å². The van der Waals surface area contributed by atoms with E-state index in [9.17, 15) is 13.2 Å². The molecule has 0 radical (unpaired) electrons. The molecule has 25 heavy (non-hydrogen) atoms. The van der Waals surface area contributed by atoms with E-state index < -0.39 is 10.0 Å². The molecule has 0 aromatic heterocycles. The first-order valence-electron chi connectivity index (χ1n) is 8.83. The molecule has 0 heterocycles. The molecule has 138 valence electrons. The summed E-state index contributed by atoms with van der Waals surface area (Å²) in [7, 11) is -2.24. The van der Waals surface area contributed by atoms with Gasteiger partial charge in [0, 0.05) is 26.1 Å². The van der Waals surface area contributed by atoms with Gasteiger partial charge in [0.1, 0.15) is 0 Å². The molecule has 1 spiro atoms. The minimum absolute atomic E-state index is 0.0353. The van der Waals surface area contributed by atoms with Gasteiger partial charge in [0.05, 0.1) is 11.5 Å². The first kappa shape index (κ1) is 18.4. The summed E-state index contributed by atoms with van der Waals surface area (Å²) in [4.78, 5) is 12.6. The van der Waals surface area contributed by atoms with Crippen molar-refractivity contribution in [3.05, 3.63) is 29.8 Å². The van der Waals surface area contributed by atoms with Gasteiger partial charge in [-0.3, -0.25) is 4.79 Å². The molecule has 1 unspecified atom stereocenters. The highest BCUT2D eigenvalue weighted by molar-refractivity contribution is 7.89. The van der Waals surface area contributed by atoms with Crippen LogP contribution in [0.15, 0.2) is 29.2 Å². The van der Waals surface area contributed by atoms with E-state index in [0.717, 1.165) is 23.6 Å². The van der Waals surface area contributed by atoms with Crippen molar-refractivity contribution in [2.75, 3.05) is 20.2 Å². The zero-order valence-electron chi connectivity index (χ0n) is 14.6. The predicted molar refractivity (Wildman–Crippen MR) is 94.2 cm³/mol. The minimum atomic E-state index is -3.68. The quantitative estimate of drug-likeness (QED) is 0.766. The number of rotatable bonds is 7. The third-order valence-electron chi connectivity index (χ3n) is 5.63. The van der Waals surface area contributed by atoms with Gasteiger partial charge in [0.2, 0.25) is 15.9 Å². The lowest BCUT2D eigenvalue weighted by Crippen LogP contribution is -2.32. The molecule has 2 fully saturated rings. The zero-order chi connectivity index (χ0) is 18.1. The van der Waals surface area contributed by atoms with Crippen LogP contribution in [0.25, 0.3) is 0 Å². The Bertz CT molecular complexity index is 741.